The van der Waals surface area contributed by atoms with E-state index in [1.807, 2.05) is 6.92 Å². The monoisotopic (exact) mass is 316 g/mol. The summed E-state index contributed by atoms with van der Waals surface area (Å²) in [7, 11) is 0. The van der Waals surface area contributed by atoms with Crippen LogP contribution in [0.5, 0.6) is 0 Å². The van der Waals surface area contributed by atoms with Gasteiger partial charge in [-0.15, -0.1) is 0 Å². The highest BCUT2D eigenvalue weighted by atomic mass is 19.4. The van der Waals surface area contributed by atoms with Gasteiger partial charge in [-0.1, -0.05) is 32.4 Å². The summed E-state index contributed by atoms with van der Waals surface area (Å²) in [6, 6.07) is 3.54. The van der Waals surface area contributed by atoms with Crippen molar-refractivity contribution in [1.29, 1.82) is 0 Å². The Morgan fingerprint density at radius 1 is 1.23 bits per heavy atom. The maximum atomic E-state index is 12.4. The Hall–Kier alpha value is -2.05. The summed E-state index contributed by atoms with van der Waals surface area (Å²) in [5.41, 5.74) is 4.90. The Bertz CT molecular complexity index is 527. The van der Waals surface area contributed by atoms with Gasteiger partial charge >= 0.3 is 6.18 Å². The molecule has 0 bridgehead atoms. The molecule has 3 N–H and O–H groups in total. The smallest absolute Gasteiger partial charge is 0.368 e. The van der Waals surface area contributed by atoms with Gasteiger partial charge in [-0.2, -0.15) is 13.2 Å². The van der Waals surface area contributed by atoms with Crippen LogP contribution in [-0.4, -0.2) is 17.9 Å². The minimum Gasteiger partial charge on any atom is -0.368 e. The first-order valence-corrected chi connectivity index (χ1v) is 6.90. The highest BCUT2D eigenvalue weighted by molar-refractivity contribution is 5.87. The van der Waals surface area contributed by atoms with E-state index in [0.29, 0.717) is 12.0 Å². The van der Waals surface area contributed by atoms with Crippen LogP contribution < -0.4 is 11.1 Å². The lowest BCUT2D eigenvalue weighted by Gasteiger charge is -2.21. The third kappa shape index (κ3) is 5.05. The topological polar surface area (TPSA) is 72.2 Å². The number of rotatable bonds is 6. The predicted octanol–water partition coefficient (Wildman–Crippen LogP) is 2.26. The number of carbonyl (C=O) groups excluding carboxylic acids is 2. The van der Waals surface area contributed by atoms with Gasteiger partial charge in [0, 0.05) is 0 Å². The second-order valence-corrected chi connectivity index (χ2v) is 5.20. The number of primary amides is 1. The SMILES string of the molecule is CC[C@@H](C)[C@@H](NC(=O)Cc1ccc(C(F)(F)F)cc1)C(N)=O. The van der Waals surface area contributed by atoms with Crippen LogP contribution in [0.4, 0.5) is 13.2 Å². The third-order valence-electron chi connectivity index (χ3n) is 3.48. The molecule has 1 rings (SSSR count). The minimum absolute atomic E-state index is 0.113. The minimum atomic E-state index is -4.41. The fourth-order valence-corrected chi connectivity index (χ4v) is 1.95. The van der Waals surface area contributed by atoms with E-state index in [0.717, 1.165) is 12.1 Å². The van der Waals surface area contributed by atoms with E-state index >= 15 is 0 Å². The summed E-state index contributed by atoms with van der Waals surface area (Å²) in [5, 5.41) is 2.52. The Morgan fingerprint density at radius 2 is 1.77 bits per heavy atom. The molecule has 0 heterocycles. The molecule has 0 saturated heterocycles. The summed E-state index contributed by atoms with van der Waals surface area (Å²) in [4.78, 5) is 23.2. The van der Waals surface area contributed by atoms with Crippen molar-refractivity contribution in [1.82, 2.24) is 5.32 Å². The first kappa shape index (κ1) is 18.0. The van der Waals surface area contributed by atoms with Gasteiger partial charge in [0.1, 0.15) is 6.04 Å². The highest BCUT2D eigenvalue weighted by Gasteiger charge is 2.30. The summed E-state index contributed by atoms with van der Waals surface area (Å²) < 4.78 is 37.3. The number of hydrogen-bond donors (Lipinski definition) is 2. The van der Waals surface area contributed by atoms with E-state index in [9.17, 15) is 22.8 Å². The zero-order valence-corrected chi connectivity index (χ0v) is 12.4. The van der Waals surface area contributed by atoms with Gasteiger partial charge in [-0.25, -0.2) is 0 Å². The first-order valence-electron chi connectivity index (χ1n) is 6.90. The van der Waals surface area contributed by atoms with Crippen molar-refractivity contribution in [2.24, 2.45) is 11.7 Å². The number of carbonyl (C=O) groups is 2. The number of halogens is 3. The molecule has 4 nitrogen and oxygen atoms in total. The normalized spacial score (nSPS) is 14.2. The average molecular weight is 316 g/mol. The van der Waals surface area contributed by atoms with Gasteiger partial charge in [-0.3, -0.25) is 9.59 Å². The van der Waals surface area contributed by atoms with Gasteiger partial charge < -0.3 is 11.1 Å². The lowest BCUT2D eigenvalue weighted by Crippen LogP contribution is -2.48. The number of alkyl halides is 3. The molecule has 122 valence electrons. The molecule has 0 saturated carbocycles. The van der Waals surface area contributed by atoms with Crippen molar-refractivity contribution < 1.29 is 22.8 Å². The quantitative estimate of drug-likeness (QED) is 0.845. The second-order valence-electron chi connectivity index (χ2n) is 5.20. The fraction of sp³-hybridized carbons (Fsp3) is 0.467. The number of hydrogen-bond acceptors (Lipinski definition) is 2. The zero-order valence-electron chi connectivity index (χ0n) is 12.4. The Labute approximate surface area is 126 Å². The van der Waals surface area contributed by atoms with Crippen LogP contribution in [0.25, 0.3) is 0 Å². The highest BCUT2D eigenvalue weighted by Crippen LogP contribution is 2.29. The Kier molecular flexibility index (Phi) is 5.96. The average Bonchev–Trinajstić information content (AvgIpc) is 2.43. The molecule has 0 aliphatic heterocycles. The molecule has 0 unspecified atom stereocenters. The zero-order chi connectivity index (χ0) is 16.9. The summed E-state index contributed by atoms with van der Waals surface area (Å²) in [5.74, 6) is -1.20. The first-order chi connectivity index (χ1) is 10.1. The van der Waals surface area contributed by atoms with Crippen molar-refractivity contribution >= 4 is 11.8 Å². The molecule has 2 amide bonds. The van der Waals surface area contributed by atoms with E-state index in [-0.39, 0.29) is 12.3 Å². The van der Waals surface area contributed by atoms with Crippen LogP contribution in [-0.2, 0) is 22.2 Å². The summed E-state index contributed by atoms with van der Waals surface area (Å²) in [6.45, 7) is 3.65. The van der Waals surface area contributed by atoms with Crippen molar-refractivity contribution in [2.75, 3.05) is 0 Å². The number of nitrogens with one attached hydrogen (secondary N) is 1. The standard InChI is InChI=1S/C15H19F3N2O2/c1-3-9(2)13(14(19)22)20-12(21)8-10-4-6-11(7-5-10)15(16,17)18/h4-7,9,13H,3,8H2,1-2H3,(H2,19,22)(H,20,21)/t9-,13-/m1/s1. The molecule has 0 fully saturated rings. The van der Waals surface area contributed by atoms with Gasteiger partial charge in [0.05, 0.1) is 12.0 Å². The Morgan fingerprint density at radius 3 is 2.18 bits per heavy atom. The molecule has 1 aromatic rings. The predicted molar refractivity (Wildman–Crippen MR) is 75.7 cm³/mol. The molecule has 7 heteroatoms. The maximum absolute atomic E-state index is 12.4. The van der Waals surface area contributed by atoms with Crippen LogP contribution in [0.2, 0.25) is 0 Å². The lowest BCUT2D eigenvalue weighted by molar-refractivity contribution is -0.137. The van der Waals surface area contributed by atoms with E-state index in [1.54, 1.807) is 6.92 Å². The third-order valence-corrected chi connectivity index (χ3v) is 3.48. The maximum Gasteiger partial charge on any atom is 0.416 e. The van der Waals surface area contributed by atoms with E-state index in [2.05, 4.69) is 5.32 Å². The van der Waals surface area contributed by atoms with Crippen LogP contribution >= 0.6 is 0 Å². The number of amides is 2. The van der Waals surface area contributed by atoms with Crippen LogP contribution in [0.15, 0.2) is 24.3 Å². The van der Waals surface area contributed by atoms with Crippen LogP contribution in [0, 0.1) is 5.92 Å². The van der Waals surface area contributed by atoms with Crippen molar-refractivity contribution in [3.8, 4) is 0 Å². The van der Waals surface area contributed by atoms with Gasteiger partial charge in [-0.05, 0) is 23.6 Å². The van der Waals surface area contributed by atoms with Crippen LogP contribution in [0.1, 0.15) is 31.4 Å². The molecule has 22 heavy (non-hydrogen) atoms. The van der Waals surface area contributed by atoms with Crippen LogP contribution in [0.3, 0.4) is 0 Å². The van der Waals surface area contributed by atoms with E-state index < -0.39 is 29.6 Å². The molecule has 0 aliphatic rings. The number of benzene rings is 1. The molecule has 0 aromatic heterocycles. The number of nitrogens with two attached hydrogens (primary N) is 1. The van der Waals surface area contributed by atoms with Crippen molar-refractivity contribution in [3.05, 3.63) is 35.4 Å². The van der Waals surface area contributed by atoms with Crippen molar-refractivity contribution in [3.63, 3.8) is 0 Å². The largest absolute Gasteiger partial charge is 0.416 e. The van der Waals surface area contributed by atoms with Crippen molar-refractivity contribution in [2.45, 2.75) is 38.9 Å². The molecule has 2 atom stereocenters. The van der Waals surface area contributed by atoms with Gasteiger partial charge in [0.25, 0.3) is 0 Å². The molecular weight excluding hydrogens is 297 g/mol. The van der Waals surface area contributed by atoms with Gasteiger partial charge in [0.2, 0.25) is 11.8 Å². The summed E-state index contributed by atoms with van der Waals surface area (Å²) >= 11 is 0. The van der Waals surface area contributed by atoms with Gasteiger partial charge in [0.15, 0.2) is 0 Å². The molecule has 1 aromatic carbocycles. The van der Waals surface area contributed by atoms with E-state index in [4.69, 9.17) is 5.73 Å². The van der Waals surface area contributed by atoms with E-state index in [1.165, 1.54) is 12.1 Å². The Balaban J connectivity index is 2.70. The molecule has 0 aliphatic carbocycles. The molecular formula is C15H19F3N2O2. The second kappa shape index (κ2) is 7.29. The molecule has 0 spiro atoms. The summed E-state index contributed by atoms with van der Waals surface area (Å²) in [6.07, 6.45) is -3.86. The molecule has 0 radical (unpaired) electrons. The fourth-order valence-electron chi connectivity index (χ4n) is 1.95. The lowest BCUT2D eigenvalue weighted by atomic mass is 9.98.